The Kier molecular flexibility index (Phi) is 6.15. The van der Waals surface area contributed by atoms with Crippen LogP contribution in [0.5, 0.6) is 11.5 Å². The van der Waals surface area contributed by atoms with E-state index in [-0.39, 0.29) is 11.9 Å². The highest BCUT2D eigenvalue weighted by Crippen LogP contribution is 2.28. The Labute approximate surface area is 114 Å². The van der Waals surface area contributed by atoms with E-state index < -0.39 is 0 Å². The van der Waals surface area contributed by atoms with Gasteiger partial charge in [0.15, 0.2) is 11.5 Å². The molecule has 0 radical (unpaired) electrons. The van der Waals surface area contributed by atoms with E-state index in [2.05, 4.69) is 5.32 Å². The summed E-state index contributed by atoms with van der Waals surface area (Å²) in [4.78, 5) is 11.9. The molecule has 5 nitrogen and oxygen atoms in total. The first-order chi connectivity index (χ1) is 9.08. The van der Waals surface area contributed by atoms with Crippen molar-refractivity contribution in [3.8, 4) is 11.5 Å². The lowest BCUT2D eigenvalue weighted by Gasteiger charge is -2.13. The summed E-state index contributed by atoms with van der Waals surface area (Å²) >= 11 is 0. The van der Waals surface area contributed by atoms with Gasteiger partial charge in [-0.05, 0) is 39.0 Å². The molecule has 0 spiro atoms. The highest BCUT2D eigenvalue weighted by Gasteiger charge is 2.11. The second-order valence-corrected chi connectivity index (χ2v) is 4.21. The summed E-state index contributed by atoms with van der Waals surface area (Å²) in [6.45, 7) is 7.14. The Morgan fingerprint density at radius 3 is 2.47 bits per heavy atom. The lowest BCUT2D eigenvalue weighted by molar-refractivity contribution is 0.0951. The topological polar surface area (TPSA) is 73.6 Å². The molecular weight excluding hydrogens is 244 g/mol. The van der Waals surface area contributed by atoms with Crippen molar-refractivity contribution >= 4 is 5.91 Å². The molecule has 1 unspecified atom stereocenters. The normalized spacial score (nSPS) is 11.8. The monoisotopic (exact) mass is 266 g/mol. The maximum Gasteiger partial charge on any atom is 0.251 e. The molecule has 0 saturated carbocycles. The molecule has 0 aliphatic heterocycles. The first kappa shape index (κ1) is 15.3. The third-order valence-corrected chi connectivity index (χ3v) is 2.39. The van der Waals surface area contributed by atoms with Gasteiger partial charge in [0, 0.05) is 18.2 Å². The molecule has 1 aromatic carbocycles. The number of carbonyl (C=O) groups is 1. The Morgan fingerprint density at radius 2 is 1.89 bits per heavy atom. The van der Waals surface area contributed by atoms with Crippen molar-refractivity contribution in [1.82, 2.24) is 5.32 Å². The number of nitrogens with one attached hydrogen (secondary N) is 1. The molecule has 3 N–H and O–H groups in total. The van der Waals surface area contributed by atoms with Crippen molar-refractivity contribution in [3.63, 3.8) is 0 Å². The highest BCUT2D eigenvalue weighted by atomic mass is 16.5. The zero-order chi connectivity index (χ0) is 14.3. The van der Waals surface area contributed by atoms with Gasteiger partial charge in [-0.25, -0.2) is 0 Å². The van der Waals surface area contributed by atoms with Crippen LogP contribution in [0.1, 0.15) is 31.1 Å². The summed E-state index contributed by atoms with van der Waals surface area (Å²) in [6, 6.07) is 5.07. The Morgan fingerprint density at radius 1 is 1.26 bits per heavy atom. The van der Waals surface area contributed by atoms with Crippen molar-refractivity contribution in [2.75, 3.05) is 19.8 Å². The van der Waals surface area contributed by atoms with Crippen molar-refractivity contribution in [1.29, 1.82) is 0 Å². The third kappa shape index (κ3) is 4.79. The van der Waals surface area contributed by atoms with Gasteiger partial charge in [-0.3, -0.25) is 4.79 Å². The molecule has 0 bridgehead atoms. The number of benzene rings is 1. The number of hydrogen-bond acceptors (Lipinski definition) is 4. The second-order valence-electron chi connectivity index (χ2n) is 4.21. The van der Waals surface area contributed by atoms with Gasteiger partial charge in [0.1, 0.15) is 0 Å². The van der Waals surface area contributed by atoms with Gasteiger partial charge in [0.05, 0.1) is 13.2 Å². The van der Waals surface area contributed by atoms with E-state index in [4.69, 9.17) is 15.2 Å². The van der Waals surface area contributed by atoms with Crippen LogP contribution in [0.3, 0.4) is 0 Å². The van der Waals surface area contributed by atoms with Crippen LogP contribution < -0.4 is 20.5 Å². The fourth-order valence-corrected chi connectivity index (χ4v) is 1.55. The van der Waals surface area contributed by atoms with E-state index in [1.807, 2.05) is 20.8 Å². The van der Waals surface area contributed by atoms with Gasteiger partial charge < -0.3 is 20.5 Å². The van der Waals surface area contributed by atoms with Crippen molar-refractivity contribution in [3.05, 3.63) is 23.8 Å². The van der Waals surface area contributed by atoms with Gasteiger partial charge in [-0.15, -0.1) is 0 Å². The van der Waals surface area contributed by atoms with Crippen molar-refractivity contribution < 1.29 is 14.3 Å². The summed E-state index contributed by atoms with van der Waals surface area (Å²) in [5.41, 5.74) is 6.14. The van der Waals surface area contributed by atoms with Gasteiger partial charge in [0.2, 0.25) is 0 Å². The standard InChI is InChI=1S/C14H22N2O3/c1-4-18-12-7-6-11(8-13(12)19-5-2)14(17)16-9-10(3)15/h6-8,10H,4-5,9,15H2,1-3H3,(H,16,17). The van der Waals surface area contributed by atoms with E-state index in [0.717, 1.165) is 0 Å². The Bertz CT molecular complexity index is 419. The molecule has 0 aliphatic rings. The maximum atomic E-state index is 11.9. The van der Waals surface area contributed by atoms with Crippen molar-refractivity contribution in [2.45, 2.75) is 26.8 Å². The molecule has 0 saturated heterocycles. The van der Waals surface area contributed by atoms with Crippen LogP contribution in [-0.4, -0.2) is 31.7 Å². The van der Waals surface area contributed by atoms with E-state index in [0.29, 0.717) is 36.8 Å². The van der Waals surface area contributed by atoms with Gasteiger partial charge in [0.25, 0.3) is 5.91 Å². The average molecular weight is 266 g/mol. The Hall–Kier alpha value is -1.75. The van der Waals surface area contributed by atoms with Crippen LogP contribution in [0.4, 0.5) is 0 Å². The summed E-state index contributed by atoms with van der Waals surface area (Å²) in [6.07, 6.45) is 0. The summed E-state index contributed by atoms with van der Waals surface area (Å²) in [5.74, 6) is 1.06. The van der Waals surface area contributed by atoms with Crippen molar-refractivity contribution in [2.24, 2.45) is 5.73 Å². The van der Waals surface area contributed by atoms with Crippen LogP contribution in [0, 0.1) is 0 Å². The number of amides is 1. The number of rotatable bonds is 7. The lowest BCUT2D eigenvalue weighted by atomic mass is 10.2. The van der Waals surface area contributed by atoms with E-state index in [1.165, 1.54) is 0 Å². The van der Waals surface area contributed by atoms with Crippen LogP contribution in [-0.2, 0) is 0 Å². The van der Waals surface area contributed by atoms with E-state index in [1.54, 1.807) is 18.2 Å². The van der Waals surface area contributed by atoms with E-state index in [9.17, 15) is 4.79 Å². The first-order valence-electron chi connectivity index (χ1n) is 6.51. The van der Waals surface area contributed by atoms with Gasteiger partial charge >= 0.3 is 0 Å². The predicted octanol–water partition coefficient (Wildman–Crippen LogP) is 1.56. The summed E-state index contributed by atoms with van der Waals surface area (Å²) < 4.78 is 10.9. The van der Waals surface area contributed by atoms with Crippen LogP contribution in [0.2, 0.25) is 0 Å². The van der Waals surface area contributed by atoms with Crippen LogP contribution in [0.15, 0.2) is 18.2 Å². The lowest BCUT2D eigenvalue weighted by Crippen LogP contribution is -2.35. The minimum Gasteiger partial charge on any atom is -0.490 e. The van der Waals surface area contributed by atoms with Gasteiger partial charge in [-0.1, -0.05) is 0 Å². The fourth-order valence-electron chi connectivity index (χ4n) is 1.55. The fraction of sp³-hybridized carbons (Fsp3) is 0.500. The number of hydrogen-bond donors (Lipinski definition) is 2. The number of nitrogens with two attached hydrogens (primary N) is 1. The second kappa shape index (κ2) is 7.63. The molecule has 0 aromatic heterocycles. The summed E-state index contributed by atoms with van der Waals surface area (Å²) in [7, 11) is 0. The molecule has 19 heavy (non-hydrogen) atoms. The molecule has 1 atom stereocenters. The Balaban J connectivity index is 2.84. The molecule has 0 heterocycles. The average Bonchev–Trinajstić information content (AvgIpc) is 2.38. The molecule has 106 valence electrons. The van der Waals surface area contributed by atoms with Crippen LogP contribution in [0.25, 0.3) is 0 Å². The maximum absolute atomic E-state index is 11.9. The first-order valence-corrected chi connectivity index (χ1v) is 6.51. The summed E-state index contributed by atoms with van der Waals surface area (Å²) in [5, 5.41) is 2.76. The SMILES string of the molecule is CCOc1ccc(C(=O)NCC(C)N)cc1OCC. The van der Waals surface area contributed by atoms with Crippen LogP contribution >= 0.6 is 0 Å². The molecule has 1 rings (SSSR count). The largest absolute Gasteiger partial charge is 0.490 e. The number of carbonyl (C=O) groups excluding carboxylic acids is 1. The van der Waals surface area contributed by atoms with E-state index >= 15 is 0 Å². The quantitative estimate of drug-likeness (QED) is 0.785. The molecule has 1 amide bonds. The zero-order valence-corrected chi connectivity index (χ0v) is 11.7. The number of ether oxygens (including phenoxy) is 2. The molecule has 1 aromatic rings. The molecular formula is C14H22N2O3. The molecule has 0 fully saturated rings. The van der Waals surface area contributed by atoms with Gasteiger partial charge in [-0.2, -0.15) is 0 Å². The minimum absolute atomic E-state index is 0.0713. The smallest absolute Gasteiger partial charge is 0.251 e. The highest BCUT2D eigenvalue weighted by molar-refractivity contribution is 5.94. The predicted molar refractivity (Wildman–Crippen MR) is 74.8 cm³/mol. The minimum atomic E-state index is -0.165. The zero-order valence-electron chi connectivity index (χ0n) is 11.7. The molecule has 5 heteroatoms. The molecule has 0 aliphatic carbocycles. The third-order valence-electron chi connectivity index (χ3n) is 2.39.